The number of halogens is 4. The summed E-state index contributed by atoms with van der Waals surface area (Å²) in [7, 11) is 0. The second-order valence-corrected chi connectivity index (χ2v) is 9.02. The topological polar surface area (TPSA) is 64.4 Å². The van der Waals surface area contributed by atoms with E-state index in [1.807, 2.05) is 6.92 Å². The number of carbonyl (C=O) groups excluding carboxylic acids is 1. The molecule has 2 heterocycles. The molecule has 1 unspecified atom stereocenters. The molecule has 3 aromatic rings. The number of nitrogens with zero attached hydrogens (tertiary/aromatic N) is 1. The number of ether oxygens (including phenoxy) is 1. The SMILES string of the molecule is CC(C)CC(C)COc1ccc(-c2ccnc(NC(=O)c3ccc(Br)o3)c2)cc1C(F)(F)F. The van der Waals surface area contributed by atoms with Crippen LogP contribution < -0.4 is 10.1 Å². The van der Waals surface area contributed by atoms with E-state index in [1.165, 1.54) is 24.4 Å². The monoisotopic (exact) mass is 524 g/mol. The molecule has 3 rings (SSSR count). The van der Waals surface area contributed by atoms with Gasteiger partial charge in [0.25, 0.3) is 5.91 Å². The Balaban J connectivity index is 1.82. The first-order valence-electron chi connectivity index (χ1n) is 10.4. The van der Waals surface area contributed by atoms with Gasteiger partial charge in [-0.05, 0) is 81.7 Å². The molecule has 1 N–H and O–H groups in total. The van der Waals surface area contributed by atoms with E-state index in [2.05, 4.69) is 40.1 Å². The number of nitrogens with one attached hydrogen (secondary N) is 1. The van der Waals surface area contributed by atoms with E-state index in [1.54, 1.807) is 18.2 Å². The predicted molar refractivity (Wildman–Crippen MR) is 123 cm³/mol. The minimum absolute atomic E-state index is 0.0710. The van der Waals surface area contributed by atoms with Crippen molar-refractivity contribution in [2.24, 2.45) is 11.8 Å². The maximum absolute atomic E-state index is 13.8. The van der Waals surface area contributed by atoms with Gasteiger partial charge in [0.1, 0.15) is 11.6 Å². The Kier molecular flexibility index (Phi) is 7.84. The van der Waals surface area contributed by atoms with Gasteiger partial charge in [-0.15, -0.1) is 0 Å². The molecule has 0 aliphatic rings. The van der Waals surface area contributed by atoms with Crippen LogP contribution in [0.5, 0.6) is 5.75 Å². The van der Waals surface area contributed by atoms with Crippen molar-refractivity contribution in [2.75, 3.05) is 11.9 Å². The van der Waals surface area contributed by atoms with Crippen molar-refractivity contribution in [2.45, 2.75) is 33.4 Å². The maximum Gasteiger partial charge on any atom is 0.419 e. The Morgan fingerprint density at radius 2 is 1.85 bits per heavy atom. The van der Waals surface area contributed by atoms with Gasteiger partial charge in [-0.1, -0.05) is 26.8 Å². The van der Waals surface area contributed by atoms with E-state index in [-0.39, 0.29) is 29.9 Å². The molecule has 9 heteroatoms. The lowest BCUT2D eigenvalue weighted by Crippen LogP contribution is -2.14. The standard InChI is InChI=1S/C24H24BrF3N2O3/c1-14(2)10-15(3)13-32-19-5-4-16(11-18(19)24(26,27)28)17-8-9-29-22(12-17)30-23(31)20-6-7-21(25)33-20/h4-9,11-12,14-15H,10,13H2,1-3H3,(H,29,30,31). The van der Waals surface area contributed by atoms with Gasteiger partial charge >= 0.3 is 6.18 Å². The highest BCUT2D eigenvalue weighted by atomic mass is 79.9. The van der Waals surface area contributed by atoms with Crippen LogP contribution in [0.2, 0.25) is 0 Å². The zero-order chi connectivity index (χ0) is 24.2. The molecule has 0 radical (unpaired) electrons. The molecule has 0 aliphatic heterocycles. The maximum atomic E-state index is 13.8. The first kappa shape index (κ1) is 24.8. The first-order valence-corrected chi connectivity index (χ1v) is 11.2. The molecule has 1 amide bonds. The third kappa shape index (κ3) is 6.83. The largest absolute Gasteiger partial charge is 0.493 e. The molecule has 0 bridgehead atoms. The van der Waals surface area contributed by atoms with Crippen molar-refractivity contribution >= 4 is 27.7 Å². The summed E-state index contributed by atoms with van der Waals surface area (Å²) in [5.41, 5.74) is -0.0609. The highest BCUT2D eigenvalue weighted by Gasteiger charge is 2.35. The lowest BCUT2D eigenvalue weighted by Gasteiger charge is -2.19. The summed E-state index contributed by atoms with van der Waals surface area (Å²) in [6.07, 6.45) is -2.31. The van der Waals surface area contributed by atoms with E-state index >= 15 is 0 Å². The molecule has 0 saturated heterocycles. The zero-order valence-electron chi connectivity index (χ0n) is 18.4. The average Bonchev–Trinajstić information content (AvgIpc) is 3.18. The van der Waals surface area contributed by atoms with Crippen molar-refractivity contribution in [3.8, 4) is 16.9 Å². The number of hydrogen-bond acceptors (Lipinski definition) is 4. The highest BCUT2D eigenvalue weighted by molar-refractivity contribution is 9.10. The van der Waals surface area contributed by atoms with Crippen molar-refractivity contribution < 1.29 is 27.1 Å². The van der Waals surface area contributed by atoms with E-state index < -0.39 is 17.6 Å². The summed E-state index contributed by atoms with van der Waals surface area (Å²) in [4.78, 5) is 16.3. The van der Waals surface area contributed by atoms with Crippen molar-refractivity contribution in [1.29, 1.82) is 0 Å². The van der Waals surface area contributed by atoms with Crippen molar-refractivity contribution in [1.82, 2.24) is 4.98 Å². The van der Waals surface area contributed by atoms with E-state index in [9.17, 15) is 18.0 Å². The van der Waals surface area contributed by atoms with E-state index in [0.717, 1.165) is 12.5 Å². The van der Waals surface area contributed by atoms with Crippen LogP contribution in [0, 0.1) is 11.8 Å². The molecule has 176 valence electrons. The summed E-state index contributed by atoms with van der Waals surface area (Å²) in [6, 6.07) is 10.1. The Hall–Kier alpha value is -2.81. The van der Waals surface area contributed by atoms with Crippen LogP contribution in [-0.4, -0.2) is 17.5 Å². The van der Waals surface area contributed by atoms with Crippen LogP contribution in [0.15, 0.2) is 57.7 Å². The molecule has 0 saturated carbocycles. The van der Waals surface area contributed by atoms with E-state index in [4.69, 9.17) is 9.15 Å². The number of amides is 1. The molecule has 0 spiro atoms. The molecule has 5 nitrogen and oxygen atoms in total. The molecular weight excluding hydrogens is 501 g/mol. The van der Waals surface area contributed by atoms with Gasteiger partial charge in [0.05, 0.1) is 12.2 Å². The van der Waals surface area contributed by atoms with Crippen LogP contribution in [0.1, 0.15) is 43.3 Å². The lowest BCUT2D eigenvalue weighted by atomic mass is 9.99. The second-order valence-electron chi connectivity index (χ2n) is 8.24. The van der Waals surface area contributed by atoms with Crippen molar-refractivity contribution in [3.63, 3.8) is 0 Å². The summed E-state index contributed by atoms with van der Waals surface area (Å²) in [5.74, 6) is 0.0899. The minimum Gasteiger partial charge on any atom is -0.493 e. The number of pyridine rings is 1. The summed E-state index contributed by atoms with van der Waals surface area (Å²) in [5, 5.41) is 2.57. The lowest BCUT2D eigenvalue weighted by molar-refractivity contribution is -0.139. The fourth-order valence-electron chi connectivity index (χ4n) is 3.45. The number of anilines is 1. The number of benzene rings is 1. The van der Waals surface area contributed by atoms with Crippen LogP contribution in [0.25, 0.3) is 11.1 Å². The fraction of sp³-hybridized carbons (Fsp3) is 0.333. The van der Waals surface area contributed by atoms with Crippen LogP contribution >= 0.6 is 15.9 Å². The number of furan rings is 1. The Morgan fingerprint density at radius 1 is 1.12 bits per heavy atom. The highest BCUT2D eigenvalue weighted by Crippen LogP contribution is 2.39. The molecule has 1 aromatic carbocycles. The third-order valence-corrected chi connectivity index (χ3v) is 5.24. The molecule has 1 atom stereocenters. The van der Waals surface area contributed by atoms with Crippen molar-refractivity contribution in [3.05, 3.63) is 64.7 Å². The first-order chi connectivity index (χ1) is 15.5. The van der Waals surface area contributed by atoms with Gasteiger partial charge in [-0.3, -0.25) is 4.79 Å². The number of carbonyl (C=O) groups is 1. The second kappa shape index (κ2) is 10.4. The smallest absolute Gasteiger partial charge is 0.419 e. The molecule has 2 aromatic heterocycles. The van der Waals surface area contributed by atoms with Crippen LogP contribution in [-0.2, 0) is 6.18 Å². The number of aromatic nitrogens is 1. The summed E-state index contributed by atoms with van der Waals surface area (Å²) in [6.45, 7) is 6.28. The fourth-order valence-corrected chi connectivity index (χ4v) is 3.76. The summed E-state index contributed by atoms with van der Waals surface area (Å²) < 4.78 is 52.4. The Bertz CT molecular complexity index is 1110. The third-order valence-electron chi connectivity index (χ3n) is 4.81. The van der Waals surface area contributed by atoms with Gasteiger partial charge in [0.15, 0.2) is 10.4 Å². The Labute approximate surface area is 198 Å². The number of rotatable bonds is 8. The van der Waals surface area contributed by atoms with Gasteiger partial charge in [0.2, 0.25) is 0 Å². The van der Waals surface area contributed by atoms with E-state index in [0.29, 0.717) is 21.7 Å². The van der Waals surface area contributed by atoms with Crippen LogP contribution in [0.4, 0.5) is 19.0 Å². The minimum atomic E-state index is -4.58. The molecular formula is C24H24BrF3N2O3. The molecule has 33 heavy (non-hydrogen) atoms. The molecule has 0 fully saturated rings. The van der Waals surface area contributed by atoms with Gasteiger partial charge < -0.3 is 14.5 Å². The zero-order valence-corrected chi connectivity index (χ0v) is 20.0. The Morgan fingerprint density at radius 3 is 2.48 bits per heavy atom. The summed E-state index contributed by atoms with van der Waals surface area (Å²) >= 11 is 3.12. The normalized spacial score (nSPS) is 12.6. The quantitative estimate of drug-likeness (QED) is 0.332. The number of alkyl halides is 3. The average molecular weight is 525 g/mol. The van der Waals surface area contributed by atoms with Crippen LogP contribution in [0.3, 0.4) is 0 Å². The van der Waals surface area contributed by atoms with Gasteiger partial charge in [-0.2, -0.15) is 13.2 Å². The number of hydrogen-bond donors (Lipinski definition) is 1. The molecule has 0 aliphatic carbocycles. The van der Waals surface area contributed by atoms with Gasteiger partial charge in [0, 0.05) is 6.20 Å². The van der Waals surface area contributed by atoms with Gasteiger partial charge in [-0.25, -0.2) is 4.98 Å². The predicted octanol–water partition coefficient (Wildman–Crippen LogP) is 7.44.